The van der Waals surface area contributed by atoms with Crippen LogP contribution in [-0.4, -0.2) is 12.6 Å². The molecule has 10 heavy (non-hydrogen) atoms. The van der Waals surface area contributed by atoms with Crippen LogP contribution in [-0.2, 0) is 9.53 Å². The zero-order chi connectivity index (χ0) is 7.98. The lowest BCUT2D eigenvalue weighted by Gasteiger charge is -2.13. The van der Waals surface area contributed by atoms with Crippen molar-refractivity contribution >= 4 is 6.47 Å². The molecule has 1 unspecified atom stereocenters. The first-order valence-electron chi connectivity index (χ1n) is 3.53. The molecule has 0 radical (unpaired) electrons. The van der Waals surface area contributed by atoms with E-state index in [9.17, 15) is 4.79 Å². The second-order valence-corrected chi connectivity index (χ2v) is 2.14. The molecular formula is C8H14O2. The van der Waals surface area contributed by atoms with Gasteiger partial charge in [0.25, 0.3) is 6.47 Å². The minimum absolute atomic E-state index is 0.0810. The third kappa shape index (κ3) is 2.67. The summed E-state index contributed by atoms with van der Waals surface area (Å²) in [6.07, 6.45) is 1.60. The fraction of sp³-hybridized carbons (Fsp3) is 0.625. The maximum absolute atomic E-state index is 9.93. The topological polar surface area (TPSA) is 26.3 Å². The van der Waals surface area contributed by atoms with Gasteiger partial charge in [-0.3, -0.25) is 4.79 Å². The van der Waals surface area contributed by atoms with E-state index >= 15 is 0 Å². The predicted octanol–water partition coefficient (Wildman–Crippen LogP) is 1.90. The van der Waals surface area contributed by atoms with Gasteiger partial charge in [0, 0.05) is 0 Å². The molecule has 0 aromatic rings. The zero-order valence-electron chi connectivity index (χ0n) is 6.59. The van der Waals surface area contributed by atoms with Crippen LogP contribution in [0, 0.1) is 0 Å². The van der Waals surface area contributed by atoms with Crippen molar-refractivity contribution in [3.63, 3.8) is 0 Å². The van der Waals surface area contributed by atoms with Gasteiger partial charge in [0.2, 0.25) is 0 Å². The molecule has 0 aliphatic heterocycles. The van der Waals surface area contributed by atoms with E-state index < -0.39 is 0 Å². The van der Waals surface area contributed by atoms with Gasteiger partial charge in [-0.25, -0.2) is 0 Å². The first-order chi connectivity index (χ1) is 4.76. The van der Waals surface area contributed by atoms with Crippen LogP contribution in [0.5, 0.6) is 0 Å². The minimum atomic E-state index is -0.0810. The molecule has 0 heterocycles. The highest BCUT2D eigenvalue weighted by Crippen LogP contribution is 2.10. The predicted molar refractivity (Wildman–Crippen MR) is 40.7 cm³/mol. The number of carbonyl (C=O) groups is 1. The molecule has 2 nitrogen and oxygen atoms in total. The summed E-state index contributed by atoms with van der Waals surface area (Å²) in [5, 5.41) is 0. The number of hydrogen-bond acceptors (Lipinski definition) is 2. The van der Waals surface area contributed by atoms with Crippen LogP contribution in [0.4, 0.5) is 0 Å². The maximum atomic E-state index is 9.93. The van der Waals surface area contributed by atoms with Crippen LogP contribution < -0.4 is 0 Å². The lowest BCUT2D eigenvalue weighted by molar-refractivity contribution is -0.132. The Morgan fingerprint density at radius 3 is 2.60 bits per heavy atom. The summed E-state index contributed by atoms with van der Waals surface area (Å²) in [6, 6.07) is 0. The second-order valence-electron chi connectivity index (χ2n) is 2.14. The second kappa shape index (κ2) is 5.03. The van der Waals surface area contributed by atoms with Gasteiger partial charge in [-0.05, 0) is 18.4 Å². The van der Waals surface area contributed by atoms with E-state index in [1.165, 1.54) is 0 Å². The van der Waals surface area contributed by atoms with Gasteiger partial charge < -0.3 is 4.74 Å². The SMILES string of the molecule is C=C(CC)C(CC)OC=O. The zero-order valence-corrected chi connectivity index (χ0v) is 6.59. The molecule has 0 saturated carbocycles. The number of ether oxygens (including phenoxy) is 1. The lowest BCUT2D eigenvalue weighted by Crippen LogP contribution is -2.12. The van der Waals surface area contributed by atoms with Crippen molar-refractivity contribution in [2.75, 3.05) is 0 Å². The summed E-state index contributed by atoms with van der Waals surface area (Å²) in [5.41, 5.74) is 0.981. The largest absolute Gasteiger partial charge is 0.460 e. The average molecular weight is 142 g/mol. The molecule has 0 aliphatic carbocycles. The Bertz CT molecular complexity index is 118. The standard InChI is InChI=1S/C8H14O2/c1-4-7(3)8(5-2)10-6-9/h6,8H,3-5H2,1-2H3. The third-order valence-electron chi connectivity index (χ3n) is 1.50. The summed E-state index contributed by atoms with van der Waals surface area (Å²) >= 11 is 0. The maximum Gasteiger partial charge on any atom is 0.293 e. The molecule has 2 heteroatoms. The Balaban J connectivity index is 3.79. The molecule has 0 N–H and O–H groups in total. The van der Waals surface area contributed by atoms with Gasteiger partial charge in [0.15, 0.2) is 0 Å². The first-order valence-corrected chi connectivity index (χ1v) is 3.53. The molecule has 0 spiro atoms. The molecule has 0 fully saturated rings. The van der Waals surface area contributed by atoms with Crippen LogP contribution >= 0.6 is 0 Å². The fourth-order valence-electron chi connectivity index (χ4n) is 0.776. The Morgan fingerprint density at radius 2 is 2.30 bits per heavy atom. The van der Waals surface area contributed by atoms with Crippen molar-refractivity contribution in [1.82, 2.24) is 0 Å². The van der Waals surface area contributed by atoms with Gasteiger partial charge in [0.1, 0.15) is 6.10 Å². The first kappa shape index (κ1) is 9.21. The van der Waals surface area contributed by atoms with Crippen molar-refractivity contribution in [3.8, 4) is 0 Å². The summed E-state index contributed by atoms with van der Waals surface area (Å²) in [5.74, 6) is 0. The lowest BCUT2D eigenvalue weighted by atomic mass is 10.1. The Kier molecular flexibility index (Phi) is 4.63. The Labute approximate surface area is 61.9 Å². The van der Waals surface area contributed by atoms with Crippen LogP contribution in [0.25, 0.3) is 0 Å². The number of rotatable bonds is 5. The van der Waals surface area contributed by atoms with Crippen molar-refractivity contribution < 1.29 is 9.53 Å². The number of carbonyl (C=O) groups excluding carboxylic acids is 1. The molecule has 0 aromatic carbocycles. The molecule has 58 valence electrons. The van der Waals surface area contributed by atoms with Crippen molar-refractivity contribution in [1.29, 1.82) is 0 Å². The van der Waals surface area contributed by atoms with E-state index in [4.69, 9.17) is 4.74 Å². The normalized spacial score (nSPS) is 12.2. The molecule has 1 atom stereocenters. The highest BCUT2D eigenvalue weighted by Gasteiger charge is 2.07. The summed E-state index contributed by atoms with van der Waals surface area (Å²) in [4.78, 5) is 9.93. The van der Waals surface area contributed by atoms with Gasteiger partial charge >= 0.3 is 0 Å². The van der Waals surface area contributed by atoms with Crippen LogP contribution in [0.1, 0.15) is 26.7 Å². The highest BCUT2D eigenvalue weighted by atomic mass is 16.5. The number of hydrogen-bond donors (Lipinski definition) is 0. The van der Waals surface area contributed by atoms with E-state index in [0.29, 0.717) is 6.47 Å². The molecule has 0 saturated heterocycles. The molecular weight excluding hydrogens is 128 g/mol. The summed E-state index contributed by atoms with van der Waals surface area (Å²) in [7, 11) is 0. The molecule has 0 aromatic heterocycles. The van der Waals surface area contributed by atoms with Crippen LogP contribution in [0.2, 0.25) is 0 Å². The quantitative estimate of drug-likeness (QED) is 0.433. The van der Waals surface area contributed by atoms with E-state index in [1.54, 1.807) is 0 Å². The van der Waals surface area contributed by atoms with Crippen LogP contribution in [0.3, 0.4) is 0 Å². The average Bonchev–Trinajstić information content (AvgIpc) is 1.99. The molecule has 0 bridgehead atoms. The molecule has 0 amide bonds. The van der Waals surface area contributed by atoms with Gasteiger partial charge in [-0.1, -0.05) is 20.4 Å². The van der Waals surface area contributed by atoms with Crippen molar-refractivity contribution in [2.45, 2.75) is 32.8 Å². The van der Waals surface area contributed by atoms with Gasteiger partial charge in [-0.15, -0.1) is 0 Å². The minimum Gasteiger partial charge on any atom is -0.460 e. The summed E-state index contributed by atoms with van der Waals surface area (Å²) < 4.78 is 4.76. The molecule has 0 aliphatic rings. The smallest absolute Gasteiger partial charge is 0.293 e. The monoisotopic (exact) mass is 142 g/mol. The summed E-state index contributed by atoms with van der Waals surface area (Å²) in [6.45, 7) is 8.23. The van der Waals surface area contributed by atoms with Gasteiger partial charge in [0.05, 0.1) is 0 Å². The van der Waals surface area contributed by atoms with Gasteiger partial charge in [-0.2, -0.15) is 0 Å². The molecule has 0 rings (SSSR count). The fourth-order valence-corrected chi connectivity index (χ4v) is 0.776. The van der Waals surface area contributed by atoms with E-state index in [-0.39, 0.29) is 6.10 Å². The van der Waals surface area contributed by atoms with E-state index in [2.05, 4.69) is 6.58 Å². The third-order valence-corrected chi connectivity index (χ3v) is 1.50. The van der Waals surface area contributed by atoms with E-state index in [1.807, 2.05) is 13.8 Å². The van der Waals surface area contributed by atoms with Crippen molar-refractivity contribution in [3.05, 3.63) is 12.2 Å². The van der Waals surface area contributed by atoms with Crippen LogP contribution in [0.15, 0.2) is 12.2 Å². The Morgan fingerprint density at radius 1 is 1.70 bits per heavy atom. The van der Waals surface area contributed by atoms with Crippen molar-refractivity contribution in [2.24, 2.45) is 0 Å². The highest BCUT2D eigenvalue weighted by molar-refractivity contribution is 5.38. The van der Waals surface area contributed by atoms with E-state index in [0.717, 1.165) is 18.4 Å². The Hall–Kier alpha value is -0.790.